The first-order valence-corrected chi connectivity index (χ1v) is 6.82. The second kappa shape index (κ2) is 7.25. The molecular formula is C13H22N4O2. The van der Waals surface area contributed by atoms with Crippen LogP contribution in [0.2, 0.25) is 0 Å². The van der Waals surface area contributed by atoms with Crippen molar-refractivity contribution in [2.75, 3.05) is 44.0 Å². The first-order valence-electron chi connectivity index (χ1n) is 6.82. The van der Waals surface area contributed by atoms with Crippen LogP contribution < -0.4 is 10.6 Å². The molecule has 1 saturated carbocycles. The Labute approximate surface area is 113 Å². The van der Waals surface area contributed by atoms with Crippen LogP contribution in [0.4, 0.5) is 11.6 Å². The van der Waals surface area contributed by atoms with Crippen molar-refractivity contribution in [1.82, 2.24) is 9.97 Å². The van der Waals surface area contributed by atoms with Crippen molar-refractivity contribution in [3.05, 3.63) is 11.9 Å². The molecule has 2 rings (SSSR count). The predicted octanol–water partition coefficient (Wildman–Crippen LogP) is 1.21. The summed E-state index contributed by atoms with van der Waals surface area (Å²) in [5, 5.41) is 14.9. The summed E-state index contributed by atoms with van der Waals surface area (Å²) in [6, 6.07) is 1.92. The van der Waals surface area contributed by atoms with Crippen molar-refractivity contribution in [1.29, 1.82) is 0 Å². The highest BCUT2D eigenvalue weighted by atomic mass is 16.5. The van der Waals surface area contributed by atoms with Crippen molar-refractivity contribution in [3.8, 4) is 0 Å². The number of aliphatic hydroxyl groups excluding tert-OH is 1. The summed E-state index contributed by atoms with van der Waals surface area (Å²) in [4.78, 5) is 9.00. The molecule has 0 atom stereocenters. The molecule has 3 N–H and O–H groups in total. The van der Waals surface area contributed by atoms with Crippen LogP contribution in [0.25, 0.3) is 0 Å². The fourth-order valence-electron chi connectivity index (χ4n) is 1.77. The maximum Gasteiger partial charge on any atom is 0.136 e. The molecule has 1 aliphatic rings. The van der Waals surface area contributed by atoms with Gasteiger partial charge in [-0.2, -0.15) is 0 Å². The topological polar surface area (TPSA) is 79.3 Å². The quantitative estimate of drug-likeness (QED) is 0.583. The van der Waals surface area contributed by atoms with E-state index in [0.29, 0.717) is 19.1 Å². The van der Waals surface area contributed by atoms with Crippen LogP contribution in [0.1, 0.15) is 31.0 Å². The number of nitrogens with one attached hydrogen (secondary N) is 2. The molecule has 106 valence electrons. The van der Waals surface area contributed by atoms with Crippen LogP contribution in [0, 0.1) is 0 Å². The van der Waals surface area contributed by atoms with Gasteiger partial charge in [-0.3, -0.25) is 0 Å². The van der Waals surface area contributed by atoms with Gasteiger partial charge in [0.05, 0.1) is 13.2 Å². The van der Waals surface area contributed by atoms with E-state index in [-0.39, 0.29) is 6.61 Å². The first kappa shape index (κ1) is 14.0. The van der Waals surface area contributed by atoms with Gasteiger partial charge in [-0.15, -0.1) is 0 Å². The number of anilines is 2. The standard InChI is InChI=1S/C13H22N4O2/c1-14-11-9-12(15-5-2-7-19-8-6-18)17-13(16-11)10-3-4-10/h9-10,18H,2-8H2,1H3,(H2,14,15,16,17). The van der Waals surface area contributed by atoms with Crippen LogP contribution in [-0.2, 0) is 4.74 Å². The lowest BCUT2D eigenvalue weighted by molar-refractivity contribution is 0.0922. The summed E-state index contributed by atoms with van der Waals surface area (Å²) in [6.07, 6.45) is 3.28. The summed E-state index contributed by atoms with van der Waals surface area (Å²) in [5.41, 5.74) is 0. The number of aliphatic hydroxyl groups is 1. The molecule has 0 unspecified atom stereocenters. The molecule has 1 heterocycles. The fourth-order valence-corrected chi connectivity index (χ4v) is 1.77. The molecule has 0 aliphatic heterocycles. The molecule has 0 aromatic carbocycles. The zero-order valence-corrected chi connectivity index (χ0v) is 11.4. The Morgan fingerprint density at radius 1 is 1.32 bits per heavy atom. The van der Waals surface area contributed by atoms with E-state index in [1.54, 1.807) is 0 Å². The van der Waals surface area contributed by atoms with Gasteiger partial charge in [0, 0.05) is 32.2 Å². The van der Waals surface area contributed by atoms with Crippen LogP contribution in [0.3, 0.4) is 0 Å². The number of hydrogen-bond donors (Lipinski definition) is 3. The van der Waals surface area contributed by atoms with Gasteiger partial charge < -0.3 is 20.5 Å². The van der Waals surface area contributed by atoms with Crippen molar-refractivity contribution in [2.45, 2.75) is 25.2 Å². The van der Waals surface area contributed by atoms with Gasteiger partial charge in [0.15, 0.2) is 0 Å². The molecule has 1 aliphatic carbocycles. The SMILES string of the molecule is CNc1cc(NCCCOCCO)nc(C2CC2)n1. The van der Waals surface area contributed by atoms with Crippen molar-refractivity contribution in [3.63, 3.8) is 0 Å². The summed E-state index contributed by atoms with van der Waals surface area (Å²) in [5.74, 6) is 3.20. The Morgan fingerprint density at radius 2 is 2.11 bits per heavy atom. The van der Waals surface area contributed by atoms with Crippen LogP contribution >= 0.6 is 0 Å². The number of aromatic nitrogens is 2. The average molecular weight is 266 g/mol. The summed E-state index contributed by atoms with van der Waals surface area (Å²) in [7, 11) is 1.87. The molecule has 0 spiro atoms. The van der Waals surface area contributed by atoms with Gasteiger partial charge in [-0.05, 0) is 19.3 Å². The zero-order valence-electron chi connectivity index (χ0n) is 11.4. The average Bonchev–Trinajstić information content (AvgIpc) is 3.27. The van der Waals surface area contributed by atoms with Crippen LogP contribution in [0.5, 0.6) is 0 Å². The Balaban J connectivity index is 1.80. The molecule has 0 amide bonds. The second-order valence-corrected chi connectivity index (χ2v) is 4.64. The summed E-state index contributed by atoms with van der Waals surface area (Å²) >= 11 is 0. The third-order valence-corrected chi connectivity index (χ3v) is 2.95. The molecule has 6 heteroatoms. The van der Waals surface area contributed by atoms with Gasteiger partial charge in [-0.25, -0.2) is 9.97 Å². The normalized spacial score (nSPS) is 14.4. The molecule has 1 aromatic heterocycles. The van der Waals surface area contributed by atoms with Gasteiger partial charge in [-0.1, -0.05) is 0 Å². The molecule has 0 bridgehead atoms. The number of rotatable bonds is 9. The minimum atomic E-state index is 0.0790. The molecule has 6 nitrogen and oxygen atoms in total. The minimum absolute atomic E-state index is 0.0790. The number of nitrogens with zero attached hydrogens (tertiary/aromatic N) is 2. The highest BCUT2D eigenvalue weighted by Gasteiger charge is 2.27. The summed E-state index contributed by atoms with van der Waals surface area (Å²) in [6.45, 7) is 1.93. The fraction of sp³-hybridized carbons (Fsp3) is 0.692. The lowest BCUT2D eigenvalue weighted by Gasteiger charge is -2.09. The molecular weight excluding hydrogens is 244 g/mol. The number of hydrogen-bond acceptors (Lipinski definition) is 6. The van der Waals surface area contributed by atoms with Crippen LogP contribution in [-0.4, -0.2) is 48.5 Å². The number of ether oxygens (including phenoxy) is 1. The first-order chi connectivity index (χ1) is 9.33. The monoisotopic (exact) mass is 266 g/mol. The van der Waals surface area contributed by atoms with Gasteiger partial charge in [0.25, 0.3) is 0 Å². The van der Waals surface area contributed by atoms with E-state index in [0.717, 1.165) is 30.4 Å². The van der Waals surface area contributed by atoms with Gasteiger partial charge >= 0.3 is 0 Å². The smallest absolute Gasteiger partial charge is 0.136 e. The van der Waals surface area contributed by atoms with E-state index in [2.05, 4.69) is 20.6 Å². The highest BCUT2D eigenvalue weighted by Crippen LogP contribution is 2.38. The van der Waals surface area contributed by atoms with Crippen molar-refractivity contribution in [2.24, 2.45) is 0 Å². The Morgan fingerprint density at radius 3 is 2.79 bits per heavy atom. The van der Waals surface area contributed by atoms with E-state index >= 15 is 0 Å². The molecule has 0 saturated heterocycles. The Hall–Kier alpha value is -1.40. The summed E-state index contributed by atoms with van der Waals surface area (Å²) < 4.78 is 5.20. The van der Waals surface area contributed by atoms with E-state index in [9.17, 15) is 0 Å². The maximum absolute atomic E-state index is 8.58. The maximum atomic E-state index is 8.58. The zero-order chi connectivity index (χ0) is 13.5. The molecule has 1 aromatic rings. The van der Waals surface area contributed by atoms with Gasteiger partial charge in [0.2, 0.25) is 0 Å². The third-order valence-electron chi connectivity index (χ3n) is 2.95. The van der Waals surface area contributed by atoms with Crippen molar-refractivity contribution >= 4 is 11.6 Å². The lowest BCUT2D eigenvalue weighted by atomic mass is 10.3. The molecule has 1 fully saturated rings. The third kappa shape index (κ3) is 4.65. The Kier molecular flexibility index (Phi) is 5.35. The van der Waals surface area contributed by atoms with E-state index in [4.69, 9.17) is 9.84 Å². The largest absolute Gasteiger partial charge is 0.394 e. The second-order valence-electron chi connectivity index (χ2n) is 4.64. The lowest BCUT2D eigenvalue weighted by Crippen LogP contribution is -2.10. The van der Waals surface area contributed by atoms with Gasteiger partial charge in [0.1, 0.15) is 17.5 Å². The predicted molar refractivity (Wildman–Crippen MR) is 74.6 cm³/mol. The minimum Gasteiger partial charge on any atom is -0.394 e. The van der Waals surface area contributed by atoms with E-state index in [1.807, 2.05) is 13.1 Å². The van der Waals surface area contributed by atoms with E-state index < -0.39 is 0 Å². The highest BCUT2D eigenvalue weighted by molar-refractivity contribution is 5.47. The Bertz CT molecular complexity index is 396. The van der Waals surface area contributed by atoms with E-state index in [1.165, 1.54) is 12.8 Å². The molecule has 19 heavy (non-hydrogen) atoms. The van der Waals surface area contributed by atoms with Crippen LogP contribution in [0.15, 0.2) is 6.07 Å². The van der Waals surface area contributed by atoms with Crippen molar-refractivity contribution < 1.29 is 9.84 Å². The molecule has 0 radical (unpaired) electrons.